The Labute approximate surface area is 107 Å². The van der Waals surface area contributed by atoms with Crippen LogP contribution in [0.2, 0.25) is 0 Å². The molecule has 1 aromatic carbocycles. The van der Waals surface area contributed by atoms with Crippen molar-refractivity contribution in [3.63, 3.8) is 0 Å². The molecule has 0 nitrogen and oxygen atoms in total. The van der Waals surface area contributed by atoms with Gasteiger partial charge in [0.05, 0.1) is 0 Å². The van der Waals surface area contributed by atoms with Crippen LogP contribution in [0.15, 0.2) is 24.3 Å². The number of unbranched alkanes of at least 4 members (excludes halogenated alkanes) is 5. The average Bonchev–Trinajstić information content (AvgIpc) is 2.36. The number of benzene rings is 1. The Hall–Kier alpha value is -0.780. The predicted octanol–water partition coefficient (Wildman–Crippen LogP) is 5.55. The highest BCUT2D eigenvalue weighted by Crippen LogP contribution is 2.12. The zero-order valence-electron chi connectivity index (χ0n) is 11.5. The standard InChI is InChI=1S/C17H27/c1-3-5-6-7-8-9-11-17-14-12-16(10-4-2)13-15-17/h10,12-15H,3-9,11H2,1-2H3. The molecule has 0 spiro atoms. The second kappa shape index (κ2) is 9.27. The molecule has 1 radical (unpaired) electrons. The van der Waals surface area contributed by atoms with Crippen LogP contribution in [0, 0.1) is 6.42 Å². The molecule has 0 saturated heterocycles. The highest BCUT2D eigenvalue weighted by atomic mass is 14.0. The van der Waals surface area contributed by atoms with Crippen molar-refractivity contribution < 1.29 is 0 Å². The van der Waals surface area contributed by atoms with Gasteiger partial charge in [-0.05, 0) is 36.8 Å². The first-order chi connectivity index (χ1) is 8.36. The molecule has 0 fully saturated rings. The maximum Gasteiger partial charge on any atom is -0.00958 e. The molecular weight excluding hydrogens is 204 g/mol. The summed E-state index contributed by atoms with van der Waals surface area (Å²) in [6.07, 6.45) is 13.0. The van der Waals surface area contributed by atoms with Crippen LogP contribution >= 0.6 is 0 Å². The average molecular weight is 231 g/mol. The highest BCUT2D eigenvalue weighted by molar-refractivity contribution is 5.27. The Balaban J connectivity index is 2.14. The molecule has 1 aromatic rings. The fourth-order valence-electron chi connectivity index (χ4n) is 2.17. The van der Waals surface area contributed by atoms with Gasteiger partial charge in [0.1, 0.15) is 0 Å². The topological polar surface area (TPSA) is 0 Å². The maximum absolute atomic E-state index is 2.29. The van der Waals surface area contributed by atoms with E-state index >= 15 is 0 Å². The van der Waals surface area contributed by atoms with Crippen LogP contribution in [-0.4, -0.2) is 0 Å². The summed E-state index contributed by atoms with van der Waals surface area (Å²) >= 11 is 0. The van der Waals surface area contributed by atoms with Crippen molar-refractivity contribution in [1.82, 2.24) is 0 Å². The third-order valence-corrected chi connectivity index (χ3v) is 3.24. The molecule has 1 rings (SSSR count). The molecule has 0 heterocycles. The molecule has 0 bridgehead atoms. The molecule has 0 aliphatic carbocycles. The quantitative estimate of drug-likeness (QED) is 0.489. The third kappa shape index (κ3) is 6.51. The van der Waals surface area contributed by atoms with Gasteiger partial charge in [0, 0.05) is 0 Å². The summed E-state index contributed by atoms with van der Waals surface area (Å²) in [5.74, 6) is 0. The second-order valence-electron chi connectivity index (χ2n) is 4.87. The molecule has 0 N–H and O–H groups in total. The summed E-state index contributed by atoms with van der Waals surface area (Å²) in [6, 6.07) is 9.06. The predicted molar refractivity (Wildman–Crippen MR) is 77.2 cm³/mol. The minimum absolute atomic E-state index is 1.12. The van der Waals surface area contributed by atoms with E-state index in [9.17, 15) is 0 Å². The highest BCUT2D eigenvalue weighted by Gasteiger charge is 1.95. The first-order valence-corrected chi connectivity index (χ1v) is 7.29. The first-order valence-electron chi connectivity index (χ1n) is 7.29. The zero-order chi connectivity index (χ0) is 12.3. The summed E-state index contributed by atoms with van der Waals surface area (Å²) in [6.45, 7) is 4.46. The van der Waals surface area contributed by atoms with Crippen LogP contribution in [0.25, 0.3) is 0 Å². The van der Waals surface area contributed by atoms with Gasteiger partial charge in [-0.15, -0.1) is 0 Å². The molecule has 0 heteroatoms. The Morgan fingerprint density at radius 1 is 0.824 bits per heavy atom. The summed E-state index contributed by atoms with van der Waals surface area (Å²) in [4.78, 5) is 0. The molecule has 0 unspecified atom stereocenters. The first kappa shape index (κ1) is 14.3. The van der Waals surface area contributed by atoms with Gasteiger partial charge in [0.15, 0.2) is 0 Å². The summed E-state index contributed by atoms with van der Waals surface area (Å²) in [5, 5.41) is 0. The Morgan fingerprint density at radius 3 is 2.12 bits per heavy atom. The van der Waals surface area contributed by atoms with Crippen LogP contribution in [-0.2, 0) is 6.42 Å². The monoisotopic (exact) mass is 231 g/mol. The van der Waals surface area contributed by atoms with Crippen LogP contribution in [0.4, 0.5) is 0 Å². The lowest BCUT2D eigenvalue weighted by atomic mass is 10.0. The fraction of sp³-hybridized carbons (Fsp3) is 0.588. The van der Waals surface area contributed by atoms with Crippen molar-refractivity contribution in [3.05, 3.63) is 41.8 Å². The molecular formula is C17H27. The van der Waals surface area contributed by atoms with Crippen molar-refractivity contribution in [3.8, 4) is 0 Å². The van der Waals surface area contributed by atoms with Crippen molar-refractivity contribution in [2.45, 2.75) is 65.2 Å². The maximum atomic E-state index is 2.29. The SMILES string of the molecule is CC[CH]c1ccc(CCCCCCCC)cc1. The number of hydrogen-bond acceptors (Lipinski definition) is 0. The van der Waals surface area contributed by atoms with E-state index in [2.05, 4.69) is 44.5 Å². The van der Waals surface area contributed by atoms with E-state index in [4.69, 9.17) is 0 Å². The smallest absolute Gasteiger partial charge is 0.00958 e. The summed E-state index contributed by atoms with van der Waals surface area (Å²) in [7, 11) is 0. The minimum Gasteiger partial charge on any atom is -0.0654 e. The second-order valence-corrected chi connectivity index (χ2v) is 4.87. The van der Waals surface area contributed by atoms with Crippen molar-refractivity contribution >= 4 is 0 Å². The molecule has 0 saturated carbocycles. The zero-order valence-corrected chi connectivity index (χ0v) is 11.5. The molecule has 17 heavy (non-hydrogen) atoms. The van der Waals surface area contributed by atoms with Gasteiger partial charge in [-0.3, -0.25) is 0 Å². The van der Waals surface area contributed by atoms with Crippen molar-refractivity contribution in [2.75, 3.05) is 0 Å². The van der Waals surface area contributed by atoms with Gasteiger partial charge in [0.25, 0.3) is 0 Å². The molecule has 0 amide bonds. The lowest BCUT2D eigenvalue weighted by molar-refractivity contribution is 0.607. The van der Waals surface area contributed by atoms with Crippen molar-refractivity contribution in [2.24, 2.45) is 0 Å². The Morgan fingerprint density at radius 2 is 1.47 bits per heavy atom. The summed E-state index contributed by atoms with van der Waals surface area (Å²) < 4.78 is 0. The Kier molecular flexibility index (Phi) is 7.79. The van der Waals surface area contributed by atoms with Gasteiger partial charge < -0.3 is 0 Å². The number of hydrogen-bond donors (Lipinski definition) is 0. The van der Waals surface area contributed by atoms with Crippen LogP contribution in [0.1, 0.15) is 69.9 Å². The number of aryl methyl sites for hydroxylation is 1. The minimum atomic E-state index is 1.12. The molecule has 0 aliphatic heterocycles. The van der Waals surface area contributed by atoms with E-state index in [1.54, 1.807) is 0 Å². The van der Waals surface area contributed by atoms with Crippen LogP contribution in [0.5, 0.6) is 0 Å². The van der Waals surface area contributed by atoms with Crippen LogP contribution in [0.3, 0.4) is 0 Å². The van der Waals surface area contributed by atoms with Crippen molar-refractivity contribution in [1.29, 1.82) is 0 Å². The van der Waals surface area contributed by atoms with E-state index < -0.39 is 0 Å². The normalized spacial score (nSPS) is 10.7. The van der Waals surface area contributed by atoms with Gasteiger partial charge in [-0.1, -0.05) is 70.2 Å². The fourth-order valence-corrected chi connectivity index (χ4v) is 2.17. The lowest BCUT2D eigenvalue weighted by Crippen LogP contribution is -1.87. The molecule has 95 valence electrons. The molecule has 0 aliphatic rings. The molecule has 0 atom stereocenters. The van der Waals surface area contributed by atoms with E-state index in [0.29, 0.717) is 0 Å². The van der Waals surface area contributed by atoms with Gasteiger partial charge in [-0.25, -0.2) is 0 Å². The van der Waals surface area contributed by atoms with E-state index in [-0.39, 0.29) is 0 Å². The molecule has 0 aromatic heterocycles. The van der Waals surface area contributed by atoms with E-state index in [0.717, 1.165) is 6.42 Å². The third-order valence-electron chi connectivity index (χ3n) is 3.24. The lowest BCUT2D eigenvalue weighted by Gasteiger charge is -2.03. The summed E-state index contributed by atoms with van der Waals surface area (Å²) in [5.41, 5.74) is 2.85. The van der Waals surface area contributed by atoms with Gasteiger partial charge in [0.2, 0.25) is 0 Å². The van der Waals surface area contributed by atoms with Gasteiger partial charge >= 0.3 is 0 Å². The Bertz CT molecular complexity index is 271. The largest absolute Gasteiger partial charge is 0.0654 e. The van der Waals surface area contributed by atoms with Crippen LogP contribution < -0.4 is 0 Å². The van der Waals surface area contributed by atoms with E-state index in [1.807, 2.05) is 0 Å². The van der Waals surface area contributed by atoms with Gasteiger partial charge in [-0.2, -0.15) is 0 Å². The number of rotatable bonds is 9. The van der Waals surface area contributed by atoms with E-state index in [1.165, 1.54) is 56.1 Å².